The van der Waals surface area contributed by atoms with E-state index in [1.807, 2.05) is 0 Å². The molecule has 2 heteroatoms. The highest BCUT2D eigenvalue weighted by molar-refractivity contribution is 4.81. The molecular weight excluding hydrogens is 294 g/mol. The number of nitrogens with two attached hydrogens (primary N) is 1. The third kappa shape index (κ3) is 13.2. The van der Waals surface area contributed by atoms with Crippen LogP contribution in [0.25, 0.3) is 0 Å². The van der Waals surface area contributed by atoms with E-state index < -0.39 is 5.60 Å². The highest BCUT2D eigenvalue weighted by Crippen LogP contribution is 2.27. The Labute approximate surface area is 153 Å². The summed E-state index contributed by atoms with van der Waals surface area (Å²) in [6.45, 7) is 14.2. The molecule has 0 aliphatic carbocycles. The first-order valence-electron chi connectivity index (χ1n) is 10.6. The Morgan fingerprint density at radius 3 is 1.33 bits per heavy atom. The smallest absolute Gasteiger partial charge is 0.0769 e. The largest absolute Gasteiger partial charge is 0.389 e. The van der Waals surface area contributed by atoms with Crippen LogP contribution in [0.5, 0.6) is 0 Å². The Morgan fingerprint density at radius 1 is 0.667 bits per heavy atom. The van der Waals surface area contributed by atoms with Crippen molar-refractivity contribution in [3.05, 3.63) is 0 Å². The van der Waals surface area contributed by atoms with Gasteiger partial charge in [0.25, 0.3) is 0 Å². The monoisotopic (exact) mass is 341 g/mol. The van der Waals surface area contributed by atoms with E-state index in [0.29, 0.717) is 18.4 Å². The molecular formula is C22H47NO. The van der Waals surface area contributed by atoms with Gasteiger partial charge in [0.05, 0.1) is 5.60 Å². The first-order chi connectivity index (χ1) is 11.2. The Hall–Kier alpha value is -0.0800. The van der Waals surface area contributed by atoms with E-state index in [9.17, 15) is 5.11 Å². The summed E-state index contributed by atoms with van der Waals surface area (Å²) in [4.78, 5) is 0. The van der Waals surface area contributed by atoms with Crippen molar-refractivity contribution in [3.63, 3.8) is 0 Å². The Balaban J connectivity index is 4.01. The van der Waals surface area contributed by atoms with E-state index in [1.54, 1.807) is 0 Å². The highest BCUT2D eigenvalue weighted by atomic mass is 16.3. The topological polar surface area (TPSA) is 46.2 Å². The second-order valence-corrected chi connectivity index (χ2v) is 9.37. The molecule has 2 atom stereocenters. The summed E-state index contributed by atoms with van der Waals surface area (Å²) in [6.07, 6.45) is 11.8. The molecule has 0 radical (unpaired) electrons. The summed E-state index contributed by atoms with van der Waals surface area (Å²) in [5.41, 5.74) is 5.27. The van der Waals surface area contributed by atoms with Gasteiger partial charge in [0.15, 0.2) is 0 Å². The van der Waals surface area contributed by atoms with Gasteiger partial charge in [-0.15, -0.1) is 0 Å². The lowest BCUT2D eigenvalue weighted by molar-refractivity contribution is 0.0197. The Bertz CT molecular complexity index is 264. The molecule has 2 unspecified atom stereocenters. The summed E-state index contributed by atoms with van der Waals surface area (Å²) >= 11 is 0. The first-order valence-corrected chi connectivity index (χ1v) is 10.6. The zero-order valence-corrected chi connectivity index (χ0v) is 17.6. The van der Waals surface area contributed by atoms with Crippen molar-refractivity contribution in [2.45, 2.75) is 111 Å². The minimum Gasteiger partial charge on any atom is -0.389 e. The molecule has 0 bridgehead atoms. The SMILES string of the molecule is CC(C)CCCC(C)CCC(O)(CN)CCC(C)CCCC(C)C. The molecule has 0 saturated heterocycles. The van der Waals surface area contributed by atoms with Gasteiger partial charge in [-0.25, -0.2) is 0 Å². The minimum atomic E-state index is -0.640. The second kappa shape index (κ2) is 13.2. The molecule has 0 fully saturated rings. The predicted molar refractivity (Wildman–Crippen MR) is 108 cm³/mol. The average Bonchev–Trinajstić information content (AvgIpc) is 2.50. The lowest BCUT2D eigenvalue weighted by atomic mass is 9.84. The summed E-state index contributed by atoms with van der Waals surface area (Å²) in [5, 5.41) is 10.8. The third-order valence-corrected chi connectivity index (χ3v) is 5.54. The van der Waals surface area contributed by atoms with Crippen molar-refractivity contribution in [1.82, 2.24) is 0 Å². The van der Waals surface area contributed by atoms with Crippen molar-refractivity contribution in [2.24, 2.45) is 29.4 Å². The fraction of sp³-hybridized carbons (Fsp3) is 1.00. The summed E-state index contributed by atoms with van der Waals surface area (Å²) < 4.78 is 0. The fourth-order valence-corrected chi connectivity index (χ4v) is 3.40. The van der Waals surface area contributed by atoms with Crippen LogP contribution in [0.15, 0.2) is 0 Å². The van der Waals surface area contributed by atoms with Crippen LogP contribution < -0.4 is 5.73 Å². The van der Waals surface area contributed by atoms with E-state index in [2.05, 4.69) is 41.5 Å². The van der Waals surface area contributed by atoms with E-state index in [0.717, 1.165) is 37.5 Å². The molecule has 0 rings (SSSR count). The van der Waals surface area contributed by atoms with Gasteiger partial charge in [-0.05, 0) is 49.4 Å². The lowest BCUT2D eigenvalue weighted by Crippen LogP contribution is -2.38. The van der Waals surface area contributed by atoms with Gasteiger partial charge in [0.1, 0.15) is 0 Å². The predicted octanol–water partition coefficient (Wildman–Crippen LogP) is 6.16. The number of hydrogen-bond donors (Lipinski definition) is 2. The van der Waals surface area contributed by atoms with Gasteiger partial charge >= 0.3 is 0 Å². The van der Waals surface area contributed by atoms with Crippen LogP contribution in [0.2, 0.25) is 0 Å². The zero-order valence-electron chi connectivity index (χ0n) is 17.6. The molecule has 0 heterocycles. The molecule has 0 aliphatic heterocycles. The highest BCUT2D eigenvalue weighted by Gasteiger charge is 2.26. The maximum atomic E-state index is 10.8. The maximum absolute atomic E-state index is 10.8. The van der Waals surface area contributed by atoms with Gasteiger partial charge in [-0.2, -0.15) is 0 Å². The van der Waals surface area contributed by atoms with Gasteiger partial charge in [-0.3, -0.25) is 0 Å². The van der Waals surface area contributed by atoms with E-state index in [4.69, 9.17) is 5.73 Å². The van der Waals surface area contributed by atoms with Crippen LogP contribution >= 0.6 is 0 Å². The average molecular weight is 342 g/mol. The second-order valence-electron chi connectivity index (χ2n) is 9.37. The quantitative estimate of drug-likeness (QED) is 0.374. The first kappa shape index (κ1) is 23.9. The van der Waals surface area contributed by atoms with Gasteiger partial charge in [-0.1, -0.05) is 80.1 Å². The van der Waals surface area contributed by atoms with Crippen LogP contribution in [0, 0.1) is 23.7 Å². The summed E-state index contributed by atoms with van der Waals surface area (Å²) in [7, 11) is 0. The van der Waals surface area contributed by atoms with Gasteiger partial charge in [0.2, 0.25) is 0 Å². The van der Waals surface area contributed by atoms with E-state index >= 15 is 0 Å². The summed E-state index contributed by atoms with van der Waals surface area (Å²) in [5.74, 6) is 3.00. The van der Waals surface area contributed by atoms with Crippen LogP contribution in [-0.2, 0) is 0 Å². The van der Waals surface area contributed by atoms with E-state index in [-0.39, 0.29) is 0 Å². The van der Waals surface area contributed by atoms with Crippen LogP contribution in [0.1, 0.15) is 106 Å². The van der Waals surface area contributed by atoms with Crippen molar-refractivity contribution in [3.8, 4) is 0 Å². The minimum absolute atomic E-state index is 0.407. The molecule has 2 nitrogen and oxygen atoms in total. The zero-order chi connectivity index (χ0) is 18.6. The van der Waals surface area contributed by atoms with Crippen LogP contribution in [0.3, 0.4) is 0 Å². The molecule has 0 amide bonds. The number of rotatable bonds is 15. The molecule has 3 N–H and O–H groups in total. The number of aliphatic hydroxyl groups is 1. The van der Waals surface area contributed by atoms with Crippen molar-refractivity contribution in [1.29, 1.82) is 0 Å². The third-order valence-electron chi connectivity index (χ3n) is 5.54. The molecule has 146 valence electrons. The van der Waals surface area contributed by atoms with Gasteiger partial charge < -0.3 is 10.8 Å². The molecule has 0 aliphatic rings. The Morgan fingerprint density at radius 2 is 1.04 bits per heavy atom. The molecule has 24 heavy (non-hydrogen) atoms. The van der Waals surface area contributed by atoms with Crippen LogP contribution in [0.4, 0.5) is 0 Å². The summed E-state index contributed by atoms with van der Waals surface area (Å²) in [6, 6.07) is 0. The fourth-order valence-electron chi connectivity index (χ4n) is 3.40. The molecule has 0 aromatic carbocycles. The van der Waals surface area contributed by atoms with E-state index in [1.165, 1.54) is 38.5 Å². The Kier molecular flexibility index (Phi) is 13.1. The molecule has 0 aromatic rings. The normalized spacial score (nSPS) is 17.2. The van der Waals surface area contributed by atoms with Crippen molar-refractivity contribution < 1.29 is 5.11 Å². The molecule has 0 spiro atoms. The molecule has 0 aromatic heterocycles. The van der Waals surface area contributed by atoms with Crippen LogP contribution in [-0.4, -0.2) is 17.3 Å². The lowest BCUT2D eigenvalue weighted by Gasteiger charge is -2.29. The van der Waals surface area contributed by atoms with Gasteiger partial charge in [0, 0.05) is 6.54 Å². The van der Waals surface area contributed by atoms with Crippen molar-refractivity contribution in [2.75, 3.05) is 6.54 Å². The maximum Gasteiger partial charge on any atom is 0.0769 e. The molecule has 0 saturated carbocycles. The standard InChI is InChI=1S/C22H47NO/c1-18(2)9-7-11-20(5)13-15-22(24,17-23)16-14-21(6)12-8-10-19(3)4/h18-21,24H,7-17,23H2,1-6H3. The number of hydrogen-bond acceptors (Lipinski definition) is 2. The van der Waals surface area contributed by atoms with Crippen molar-refractivity contribution >= 4 is 0 Å².